The lowest BCUT2D eigenvalue weighted by Crippen LogP contribution is -2.42. The maximum absolute atomic E-state index is 12.3. The van der Waals surface area contributed by atoms with E-state index in [4.69, 9.17) is 0 Å². The van der Waals surface area contributed by atoms with Gasteiger partial charge in [-0.05, 0) is 24.5 Å². The van der Waals surface area contributed by atoms with E-state index in [0.717, 1.165) is 31.1 Å². The maximum atomic E-state index is 12.3. The van der Waals surface area contributed by atoms with Crippen LogP contribution in [0.3, 0.4) is 0 Å². The molecule has 1 aromatic heterocycles. The molecule has 0 bridgehead atoms. The number of thioether (sulfide) groups is 1. The molecule has 0 aromatic carbocycles. The van der Waals surface area contributed by atoms with E-state index in [0.29, 0.717) is 18.0 Å². The van der Waals surface area contributed by atoms with Crippen LogP contribution in [0.15, 0.2) is 24.5 Å². The van der Waals surface area contributed by atoms with E-state index in [1.807, 2.05) is 4.90 Å². The Kier molecular flexibility index (Phi) is 4.94. The minimum absolute atomic E-state index is 0.0897. The lowest BCUT2D eigenvalue weighted by Gasteiger charge is -2.19. The molecule has 0 aliphatic carbocycles. The number of rotatable bonds is 4. The van der Waals surface area contributed by atoms with Crippen LogP contribution in [0.5, 0.6) is 0 Å². The van der Waals surface area contributed by atoms with Crippen LogP contribution >= 0.6 is 11.8 Å². The van der Waals surface area contributed by atoms with Gasteiger partial charge in [-0.1, -0.05) is 0 Å². The Morgan fingerprint density at radius 1 is 1.41 bits per heavy atom. The molecule has 2 unspecified atom stereocenters. The van der Waals surface area contributed by atoms with E-state index in [2.05, 4.69) is 15.6 Å². The highest BCUT2D eigenvalue weighted by molar-refractivity contribution is 7.99. The van der Waals surface area contributed by atoms with Gasteiger partial charge in [-0.25, -0.2) is 0 Å². The van der Waals surface area contributed by atoms with Gasteiger partial charge in [-0.15, -0.1) is 11.8 Å². The Morgan fingerprint density at radius 3 is 2.95 bits per heavy atom. The van der Waals surface area contributed by atoms with E-state index in [-0.39, 0.29) is 17.9 Å². The van der Waals surface area contributed by atoms with Crippen molar-refractivity contribution in [1.29, 1.82) is 0 Å². The number of pyridine rings is 1. The maximum Gasteiger partial charge on any atom is 0.251 e. The Labute approximate surface area is 134 Å². The first-order chi connectivity index (χ1) is 10.7. The fourth-order valence-electron chi connectivity index (χ4n) is 2.80. The fourth-order valence-corrected chi connectivity index (χ4v) is 3.76. The predicted molar refractivity (Wildman–Crippen MR) is 85.5 cm³/mol. The molecule has 3 heterocycles. The van der Waals surface area contributed by atoms with E-state index in [1.54, 1.807) is 36.3 Å². The van der Waals surface area contributed by atoms with Crippen molar-refractivity contribution in [2.24, 2.45) is 5.92 Å². The number of nitrogens with one attached hydrogen (secondary N) is 2. The molecule has 2 atom stereocenters. The van der Waals surface area contributed by atoms with Gasteiger partial charge in [0.1, 0.15) is 0 Å². The first-order valence-corrected chi connectivity index (χ1v) is 8.67. The highest BCUT2D eigenvalue weighted by atomic mass is 32.2. The third-order valence-electron chi connectivity index (χ3n) is 4.08. The van der Waals surface area contributed by atoms with Crippen molar-refractivity contribution in [3.05, 3.63) is 30.1 Å². The fraction of sp³-hybridized carbons (Fsp3) is 0.533. The number of nitrogens with zero attached hydrogens (tertiary/aromatic N) is 2. The van der Waals surface area contributed by atoms with Crippen LogP contribution in [0.4, 0.5) is 0 Å². The highest BCUT2D eigenvalue weighted by Gasteiger charge is 2.33. The molecule has 0 spiro atoms. The Balaban J connectivity index is 1.45. The summed E-state index contributed by atoms with van der Waals surface area (Å²) in [7, 11) is 0. The molecule has 1 aromatic rings. The zero-order valence-corrected chi connectivity index (χ0v) is 13.1. The number of carbonyl (C=O) groups is 2. The summed E-state index contributed by atoms with van der Waals surface area (Å²) in [6.07, 6.45) is 4.00. The van der Waals surface area contributed by atoms with Crippen molar-refractivity contribution in [2.45, 2.75) is 12.5 Å². The smallest absolute Gasteiger partial charge is 0.251 e. The first kappa shape index (κ1) is 15.3. The number of aromatic nitrogens is 1. The summed E-state index contributed by atoms with van der Waals surface area (Å²) >= 11 is 1.80. The van der Waals surface area contributed by atoms with Gasteiger partial charge >= 0.3 is 0 Å². The second-order valence-corrected chi connectivity index (χ2v) is 6.72. The molecule has 7 heteroatoms. The molecule has 2 fully saturated rings. The number of amides is 2. The lowest BCUT2D eigenvalue weighted by atomic mass is 10.0. The van der Waals surface area contributed by atoms with Crippen molar-refractivity contribution >= 4 is 23.6 Å². The summed E-state index contributed by atoms with van der Waals surface area (Å²) in [5, 5.41) is 6.22. The standard InChI is InChI=1S/C15H20N4O2S/c20-14(12-1-3-16-4-2-12)18-9-11-7-13(17-8-11)15(21)19-5-6-22-10-19/h1-4,11,13,17H,5-10H2,(H,18,20). The molecule has 2 saturated heterocycles. The van der Waals surface area contributed by atoms with Crippen molar-refractivity contribution in [2.75, 3.05) is 31.3 Å². The largest absolute Gasteiger partial charge is 0.352 e. The van der Waals surface area contributed by atoms with Gasteiger partial charge in [-0.3, -0.25) is 14.6 Å². The quantitative estimate of drug-likeness (QED) is 0.836. The van der Waals surface area contributed by atoms with Gasteiger partial charge in [0, 0.05) is 43.3 Å². The highest BCUT2D eigenvalue weighted by Crippen LogP contribution is 2.20. The normalized spacial score (nSPS) is 24.5. The van der Waals surface area contributed by atoms with Gasteiger partial charge in [0.15, 0.2) is 0 Å². The van der Waals surface area contributed by atoms with Crippen LogP contribution in [0, 0.1) is 5.92 Å². The second kappa shape index (κ2) is 7.11. The SMILES string of the molecule is O=C(NCC1CNC(C(=O)N2CCSC2)C1)c1ccncc1. The molecule has 2 aliphatic rings. The monoisotopic (exact) mass is 320 g/mol. The van der Waals surface area contributed by atoms with Crippen LogP contribution in [-0.2, 0) is 4.79 Å². The summed E-state index contributed by atoms with van der Waals surface area (Å²) in [5.41, 5.74) is 0.614. The van der Waals surface area contributed by atoms with Gasteiger partial charge in [-0.2, -0.15) is 0 Å². The molecule has 2 amide bonds. The van der Waals surface area contributed by atoms with Crippen molar-refractivity contribution < 1.29 is 9.59 Å². The molecule has 0 saturated carbocycles. The van der Waals surface area contributed by atoms with Crippen LogP contribution in [0.1, 0.15) is 16.8 Å². The summed E-state index contributed by atoms with van der Waals surface area (Å²) in [5.74, 6) is 2.25. The average molecular weight is 320 g/mol. The molecular formula is C15H20N4O2S. The number of carbonyl (C=O) groups excluding carboxylic acids is 2. The van der Waals surface area contributed by atoms with Gasteiger partial charge in [0.25, 0.3) is 5.91 Å². The topological polar surface area (TPSA) is 74.3 Å². The molecule has 2 aliphatic heterocycles. The van der Waals surface area contributed by atoms with E-state index in [1.165, 1.54) is 0 Å². The Bertz CT molecular complexity index is 534. The summed E-state index contributed by atoms with van der Waals surface area (Å²) in [6, 6.07) is 3.29. The minimum Gasteiger partial charge on any atom is -0.352 e. The van der Waals surface area contributed by atoms with Crippen LogP contribution < -0.4 is 10.6 Å². The minimum atomic E-state index is -0.0958. The third kappa shape index (κ3) is 3.59. The summed E-state index contributed by atoms with van der Waals surface area (Å²) in [4.78, 5) is 30.1. The van der Waals surface area contributed by atoms with E-state index in [9.17, 15) is 9.59 Å². The van der Waals surface area contributed by atoms with Gasteiger partial charge in [0.05, 0.1) is 11.9 Å². The van der Waals surface area contributed by atoms with E-state index < -0.39 is 0 Å². The Hall–Kier alpha value is -1.60. The van der Waals surface area contributed by atoms with Crippen molar-refractivity contribution in [1.82, 2.24) is 20.5 Å². The summed E-state index contributed by atoms with van der Waals surface area (Å²) < 4.78 is 0. The molecule has 0 radical (unpaired) electrons. The zero-order valence-electron chi connectivity index (χ0n) is 12.3. The number of hydrogen-bond donors (Lipinski definition) is 2. The van der Waals surface area contributed by atoms with E-state index >= 15 is 0 Å². The molecule has 3 rings (SSSR count). The molecule has 118 valence electrons. The zero-order chi connectivity index (χ0) is 15.4. The average Bonchev–Trinajstić information content (AvgIpc) is 3.24. The molecule has 2 N–H and O–H groups in total. The van der Waals surface area contributed by atoms with Crippen LogP contribution in [0.2, 0.25) is 0 Å². The molecule has 22 heavy (non-hydrogen) atoms. The molecular weight excluding hydrogens is 300 g/mol. The lowest BCUT2D eigenvalue weighted by molar-refractivity contribution is -0.131. The van der Waals surface area contributed by atoms with Crippen molar-refractivity contribution in [3.8, 4) is 0 Å². The number of hydrogen-bond acceptors (Lipinski definition) is 5. The first-order valence-electron chi connectivity index (χ1n) is 7.52. The third-order valence-corrected chi connectivity index (χ3v) is 5.04. The van der Waals surface area contributed by atoms with Crippen molar-refractivity contribution in [3.63, 3.8) is 0 Å². The van der Waals surface area contributed by atoms with Crippen LogP contribution in [-0.4, -0.2) is 59.0 Å². The summed E-state index contributed by atoms with van der Waals surface area (Å²) in [6.45, 7) is 2.21. The van der Waals surface area contributed by atoms with Crippen LogP contribution in [0.25, 0.3) is 0 Å². The van der Waals surface area contributed by atoms with Gasteiger partial charge in [0.2, 0.25) is 5.91 Å². The molecule has 6 nitrogen and oxygen atoms in total. The van der Waals surface area contributed by atoms with Gasteiger partial charge < -0.3 is 15.5 Å². The predicted octanol–water partition coefficient (Wildman–Crippen LogP) is 0.322. The Morgan fingerprint density at radius 2 is 2.23 bits per heavy atom. The second-order valence-electron chi connectivity index (χ2n) is 5.65.